The summed E-state index contributed by atoms with van der Waals surface area (Å²) in [5.74, 6) is 0. The Kier molecular flexibility index (Phi) is 8.18. The number of nitrogens with two attached hydrogens (primary N) is 1. The number of benzene rings is 4. The summed E-state index contributed by atoms with van der Waals surface area (Å²) in [6.45, 7) is 4.72. The van der Waals surface area contributed by atoms with E-state index in [0.29, 0.717) is 13.1 Å². The van der Waals surface area contributed by atoms with Crippen molar-refractivity contribution in [3.63, 3.8) is 0 Å². The van der Waals surface area contributed by atoms with Gasteiger partial charge in [0, 0.05) is 44.1 Å². The fraction of sp³-hybridized carbons (Fsp3) is 0.200. The van der Waals surface area contributed by atoms with E-state index in [9.17, 15) is 0 Å². The van der Waals surface area contributed by atoms with Gasteiger partial charge >= 0.3 is 0 Å². The quantitative estimate of drug-likeness (QED) is 0.166. The highest BCUT2D eigenvalue weighted by atomic mass is 15.0. The van der Waals surface area contributed by atoms with Crippen molar-refractivity contribution < 1.29 is 0 Å². The standard InChI is InChI=1S/C30H33N7/c31-15-16-32-17-18-33-19-20-34-26-22-30-28(21-27(26)35-23-9-3-1-4-10-23)36-25-13-7-8-14-29(25)37(30)24-11-5-2-6-12-24/h1-14,21-22,32-33,35H,15-20,31H2. The van der Waals surface area contributed by atoms with Crippen LogP contribution in [0.5, 0.6) is 0 Å². The van der Waals surface area contributed by atoms with E-state index >= 15 is 0 Å². The highest BCUT2D eigenvalue weighted by Crippen LogP contribution is 2.30. The minimum atomic E-state index is 0.654. The van der Waals surface area contributed by atoms with Crippen molar-refractivity contribution in [2.75, 3.05) is 44.6 Å². The highest BCUT2D eigenvalue weighted by Gasteiger charge is 2.16. The molecule has 1 aliphatic heterocycles. The molecule has 37 heavy (non-hydrogen) atoms. The first-order valence-electron chi connectivity index (χ1n) is 12.8. The Morgan fingerprint density at radius 3 is 2.24 bits per heavy atom. The molecule has 0 amide bonds. The van der Waals surface area contributed by atoms with Gasteiger partial charge in [0.1, 0.15) is 0 Å². The number of nitrogens with one attached hydrogen (secondary N) is 3. The topological polar surface area (TPSA) is 92.3 Å². The molecule has 1 aliphatic carbocycles. The third-order valence-corrected chi connectivity index (χ3v) is 6.13. The molecule has 0 aromatic heterocycles. The van der Waals surface area contributed by atoms with E-state index in [4.69, 9.17) is 15.7 Å². The first-order valence-corrected chi connectivity index (χ1v) is 12.8. The summed E-state index contributed by atoms with van der Waals surface area (Å²) in [4.78, 5) is 10.0. The van der Waals surface area contributed by atoms with Gasteiger partial charge in [-0.05, 0) is 48.5 Å². The zero-order chi connectivity index (χ0) is 25.3. The average molecular weight is 492 g/mol. The third kappa shape index (κ3) is 6.03. The summed E-state index contributed by atoms with van der Waals surface area (Å²) >= 11 is 0. The molecule has 0 unspecified atom stereocenters. The average Bonchev–Trinajstić information content (AvgIpc) is 2.94. The molecule has 0 radical (unpaired) electrons. The second kappa shape index (κ2) is 12.3. The molecule has 5 rings (SSSR count). The Hall–Kier alpha value is -4.04. The lowest BCUT2D eigenvalue weighted by molar-refractivity contribution is 0.617. The maximum absolute atomic E-state index is 5.53. The van der Waals surface area contributed by atoms with Gasteiger partial charge in [0.25, 0.3) is 0 Å². The molecule has 3 aromatic carbocycles. The molecule has 3 aromatic rings. The largest absolute Gasteiger partial charge is 0.354 e. The predicted octanol–water partition coefficient (Wildman–Crippen LogP) is 3.91. The van der Waals surface area contributed by atoms with Crippen LogP contribution < -0.4 is 27.0 Å². The van der Waals surface area contributed by atoms with Crippen LogP contribution in [0.4, 0.5) is 11.4 Å². The van der Waals surface area contributed by atoms with E-state index in [0.717, 1.165) is 71.0 Å². The maximum atomic E-state index is 5.53. The second-order valence-corrected chi connectivity index (χ2v) is 8.79. The van der Waals surface area contributed by atoms with E-state index in [-0.39, 0.29) is 0 Å². The molecule has 1 heterocycles. The fourth-order valence-electron chi connectivity index (χ4n) is 4.39. The van der Waals surface area contributed by atoms with Gasteiger partial charge in [-0.25, -0.2) is 4.98 Å². The molecule has 0 saturated heterocycles. The normalized spacial score (nSPS) is 11.9. The zero-order valence-corrected chi connectivity index (χ0v) is 20.9. The van der Waals surface area contributed by atoms with E-state index in [2.05, 4.69) is 87.2 Å². The van der Waals surface area contributed by atoms with Crippen LogP contribution in [-0.4, -0.2) is 48.8 Å². The number of para-hydroxylation sites is 4. The van der Waals surface area contributed by atoms with Crippen LogP contribution in [0.3, 0.4) is 0 Å². The van der Waals surface area contributed by atoms with Crippen molar-refractivity contribution in [1.29, 1.82) is 0 Å². The molecule has 7 heteroatoms. The summed E-state index contributed by atoms with van der Waals surface area (Å²) in [7, 11) is 0. The molecule has 188 valence electrons. The number of aromatic nitrogens is 2. The number of nitrogens with zero attached hydrogens (tertiary/aromatic N) is 3. The van der Waals surface area contributed by atoms with Crippen LogP contribution in [-0.2, 0) is 0 Å². The minimum Gasteiger partial charge on any atom is -0.354 e. The molecule has 0 spiro atoms. The van der Waals surface area contributed by atoms with Crippen molar-refractivity contribution in [1.82, 2.24) is 20.2 Å². The summed E-state index contributed by atoms with van der Waals surface area (Å²) < 4.78 is 2.27. The van der Waals surface area contributed by atoms with Crippen LogP contribution in [0.15, 0.2) is 102 Å². The van der Waals surface area contributed by atoms with Gasteiger partial charge in [0.05, 0.1) is 40.0 Å². The molecule has 5 N–H and O–H groups in total. The summed E-state index contributed by atoms with van der Waals surface area (Å²) in [6.07, 6.45) is 0. The number of hydrogen-bond acceptors (Lipinski definition) is 6. The predicted molar refractivity (Wildman–Crippen MR) is 153 cm³/mol. The number of anilines is 2. The Balaban J connectivity index is 1.57. The van der Waals surface area contributed by atoms with E-state index < -0.39 is 0 Å². The third-order valence-electron chi connectivity index (χ3n) is 6.13. The summed E-state index contributed by atoms with van der Waals surface area (Å²) in [5, 5.41) is 11.2. The summed E-state index contributed by atoms with van der Waals surface area (Å²) in [5.41, 5.74) is 12.5. The minimum absolute atomic E-state index is 0.654. The van der Waals surface area contributed by atoms with E-state index in [1.165, 1.54) is 0 Å². The molecular weight excluding hydrogens is 458 g/mol. The molecule has 0 bridgehead atoms. The Labute approximate surface area is 217 Å². The highest BCUT2D eigenvalue weighted by molar-refractivity contribution is 5.84. The molecule has 7 nitrogen and oxygen atoms in total. The second-order valence-electron chi connectivity index (χ2n) is 8.79. The van der Waals surface area contributed by atoms with Crippen molar-refractivity contribution in [3.8, 4) is 17.1 Å². The zero-order valence-electron chi connectivity index (χ0n) is 20.9. The Morgan fingerprint density at radius 1 is 0.757 bits per heavy atom. The van der Waals surface area contributed by atoms with Gasteiger partial charge in [-0.1, -0.05) is 48.5 Å². The van der Waals surface area contributed by atoms with Crippen LogP contribution >= 0.6 is 0 Å². The van der Waals surface area contributed by atoms with Crippen molar-refractivity contribution in [2.45, 2.75) is 0 Å². The van der Waals surface area contributed by atoms with Gasteiger partial charge in [0.2, 0.25) is 0 Å². The number of hydrogen-bond donors (Lipinski definition) is 4. The molecule has 0 fully saturated rings. The lowest BCUT2D eigenvalue weighted by Gasteiger charge is -2.20. The SMILES string of the molecule is NCCNCCNCCN=c1cc2n(-c3ccccc3)c3ccccc3nc-2cc1Nc1ccccc1. The summed E-state index contributed by atoms with van der Waals surface area (Å²) in [6, 6.07) is 33.1. The van der Waals surface area contributed by atoms with E-state index in [1.54, 1.807) is 0 Å². The van der Waals surface area contributed by atoms with Crippen molar-refractivity contribution in [2.24, 2.45) is 10.7 Å². The molecular formula is C30H33N7. The lowest BCUT2D eigenvalue weighted by atomic mass is 10.1. The number of fused-ring (bicyclic) bond motifs is 2. The fourth-order valence-corrected chi connectivity index (χ4v) is 4.39. The number of rotatable bonds is 11. The maximum Gasteiger partial charge on any atom is 0.0900 e. The van der Waals surface area contributed by atoms with Crippen LogP contribution in [0, 0.1) is 0 Å². The Morgan fingerprint density at radius 2 is 1.46 bits per heavy atom. The Bertz CT molecular complexity index is 1460. The van der Waals surface area contributed by atoms with Crippen LogP contribution in [0.25, 0.3) is 28.1 Å². The van der Waals surface area contributed by atoms with Gasteiger partial charge in [-0.15, -0.1) is 0 Å². The van der Waals surface area contributed by atoms with Gasteiger partial charge in [-0.2, -0.15) is 0 Å². The van der Waals surface area contributed by atoms with Gasteiger partial charge in [-0.3, -0.25) is 4.99 Å². The van der Waals surface area contributed by atoms with Crippen LogP contribution in [0.2, 0.25) is 0 Å². The first-order chi connectivity index (χ1) is 18.3. The van der Waals surface area contributed by atoms with Crippen LogP contribution in [0.1, 0.15) is 0 Å². The van der Waals surface area contributed by atoms with Crippen molar-refractivity contribution >= 4 is 22.4 Å². The first kappa shape index (κ1) is 24.6. The van der Waals surface area contributed by atoms with Gasteiger partial charge < -0.3 is 26.3 Å². The molecule has 0 saturated carbocycles. The molecule has 0 atom stereocenters. The van der Waals surface area contributed by atoms with Crippen molar-refractivity contribution in [3.05, 3.63) is 102 Å². The lowest BCUT2D eigenvalue weighted by Crippen LogP contribution is -2.31. The molecule has 2 aliphatic rings. The smallest absolute Gasteiger partial charge is 0.0900 e. The monoisotopic (exact) mass is 491 g/mol. The van der Waals surface area contributed by atoms with E-state index in [1.807, 2.05) is 30.3 Å². The van der Waals surface area contributed by atoms with Gasteiger partial charge in [0.15, 0.2) is 0 Å².